The lowest BCUT2D eigenvalue weighted by molar-refractivity contribution is -0.274. The van der Waals surface area contributed by atoms with E-state index >= 15 is 0 Å². The first-order chi connectivity index (χ1) is 18.1. The van der Waals surface area contributed by atoms with Crippen LogP contribution in [0.25, 0.3) is 0 Å². The number of nitrogens with zero attached hydrogens (tertiary/aromatic N) is 2. The number of rotatable bonds is 8. The van der Waals surface area contributed by atoms with Gasteiger partial charge in [-0.15, -0.1) is 13.2 Å². The first kappa shape index (κ1) is 26.1. The van der Waals surface area contributed by atoms with E-state index in [1.807, 2.05) is 29.2 Å². The van der Waals surface area contributed by atoms with Crippen molar-refractivity contribution in [1.82, 2.24) is 4.90 Å². The smallest absolute Gasteiger partial charge is 0.481 e. The molecule has 38 heavy (non-hydrogen) atoms. The van der Waals surface area contributed by atoms with E-state index in [9.17, 15) is 27.6 Å². The van der Waals surface area contributed by atoms with Gasteiger partial charge in [-0.3, -0.25) is 14.4 Å². The minimum atomic E-state index is -4.82. The van der Waals surface area contributed by atoms with E-state index in [2.05, 4.69) is 4.74 Å². The average molecular weight is 531 g/mol. The maximum absolute atomic E-state index is 13.8. The minimum Gasteiger partial charge on any atom is -0.481 e. The number of hydrogen-bond donors (Lipinski definition) is 1. The predicted molar refractivity (Wildman–Crippen MR) is 132 cm³/mol. The fraction of sp³-hybridized carbons (Fsp3) is 0.464. The molecule has 202 valence electrons. The molecule has 0 unspecified atom stereocenters. The minimum absolute atomic E-state index is 0.0331. The summed E-state index contributed by atoms with van der Waals surface area (Å²) in [6, 6.07) is 11.9. The molecule has 2 aromatic rings. The van der Waals surface area contributed by atoms with Crippen molar-refractivity contribution >= 4 is 23.5 Å². The molecule has 3 atom stereocenters. The molecule has 2 amide bonds. The van der Waals surface area contributed by atoms with E-state index in [0.717, 1.165) is 49.8 Å². The average Bonchev–Trinajstić information content (AvgIpc) is 3.57. The summed E-state index contributed by atoms with van der Waals surface area (Å²) in [5.74, 6) is -1.57. The highest BCUT2D eigenvalue weighted by Gasteiger charge is 2.49. The van der Waals surface area contributed by atoms with Gasteiger partial charge in [0.1, 0.15) is 5.75 Å². The Morgan fingerprint density at radius 2 is 1.68 bits per heavy atom. The lowest BCUT2D eigenvalue weighted by Gasteiger charge is -2.47. The Morgan fingerprint density at radius 3 is 2.34 bits per heavy atom. The van der Waals surface area contributed by atoms with Gasteiger partial charge in [-0.25, -0.2) is 0 Å². The van der Waals surface area contributed by atoms with Gasteiger partial charge in [0.25, 0.3) is 5.91 Å². The highest BCUT2D eigenvalue weighted by molar-refractivity contribution is 6.07. The zero-order valence-electron chi connectivity index (χ0n) is 20.7. The lowest BCUT2D eigenvalue weighted by Crippen LogP contribution is -2.52. The van der Waals surface area contributed by atoms with Gasteiger partial charge in [0.15, 0.2) is 0 Å². The Hall–Kier alpha value is -3.56. The highest BCUT2D eigenvalue weighted by atomic mass is 19.4. The number of para-hydroxylation sites is 1. The number of aliphatic carboxylic acids is 1. The molecule has 5 rings (SSSR count). The van der Waals surface area contributed by atoms with Gasteiger partial charge in [-0.1, -0.05) is 24.6 Å². The van der Waals surface area contributed by atoms with Crippen LogP contribution in [0.2, 0.25) is 0 Å². The molecule has 1 N–H and O–H groups in total. The SMILES string of the molecule is O=C(O)CCC(=O)N(CC1CC1)[C@H]1c2ccccc2N(C(=O)c2ccc(OC(F)(F)F)cc2)[C@@H]2CCC[C@@H]21. The number of carbonyl (C=O) groups excluding carboxylic acids is 2. The van der Waals surface area contributed by atoms with Crippen molar-refractivity contribution in [3.8, 4) is 5.75 Å². The van der Waals surface area contributed by atoms with Crippen LogP contribution in [0.4, 0.5) is 18.9 Å². The van der Waals surface area contributed by atoms with Crippen molar-refractivity contribution in [3.05, 3.63) is 59.7 Å². The molecule has 0 spiro atoms. The van der Waals surface area contributed by atoms with Crippen LogP contribution in [0.15, 0.2) is 48.5 Å². The number of anilines is 1. The standard InChI is InChI=1S/C28H29F3N2O5/c29-28(30,31)38-19-12-10-18(11-13-19)27(37)33-22-6-2-1-4-20(22)26(21-5-3-7-23(21)33)32(16-17-8-9-17)24(34)14-15-25(35)36/h1-2,4,6,10-13,17,21,23,26H,3,5,7-9,14-16H2,(H,35,36)/t21-,23+,26-/m0/s1. The normalized spacial score (nSPS) is 22.4. The van der Waals surface area contributed by atoms with E-state index in [4.69, 9.17) is 5.11 Å². The number of ether oxygens (including phenoxy) is 1. The summed E-state index contributed by atoms with van der Waals surface area (Å²) in [6.45, 7) is 0.565. The molecular weight excluding hydrogens is 501 g/mol. The number of carbonyl (C=O) groups is 3. The third kappa shape index (κ3) is 5.49. The van der Waals surface area contributed by atoms with E-state index in [1.165, 1.54) is 12.1 Å². The van der Waals surface area contributed by atoms with Gasteiger partial charge < -0.3 is 19.6 Å². The molecule has 10 heteroatoms. The summed E-state index contributed by atoms with van der Waals surface area (Å²) < 4.78 is 41.7. The summed E-state index contributed by atoms with van der Waals surface area (Å²) in [4.78, 5) is 41.9. The van der Waals surface area contributed by atoms with Crippen molar-refractivity contribution in [2.75, 3.05) is 11.4 Å². The molecule has 0 saturated heterocycles. The summed E-state index contributed by atoms with van der Waals surface area (Å²) in [5, 5.41) is 9.16. The van der Waals surface area contributed by atoms with Crippen LogP contribution in [-0.2, 0) is 9.59 Å². The molecule has 0 aromatic heterocycles. The van der Waals surface area contributed by atoms with Crippen molar-refractivity contribution in [2.45, 2.75) is 63.4 Å². The fourth-order valence-corrected chi connectivity index (χ4v) is 5.93. The second-order valence-corrected chi connectivity index (χ2v) is 10.3. The molecule has 3 aliphatic rings. The van der Waals surface area contributed by atoms with Gasteiger partial charge in [-0.05, 0) is 67.5 Å². The van der Waals surface area contributed by atoms with Crippen molar-refractivity contribution in [1.29, 1.82) is 0 Å². The molecule has 0 radical (unpaired) electrons. The van der Waals surface area contributed by atoms with Crippen LogP contribution in [0, 0.1) is 11.8 Å². The predicted octanol–water partition coefficient (Wildman–Crippen LogP) is 5.56. The van der Waals surface area contributed by atoms with Crippen molar-refractivity contribution < 1.29 is 37.4 Å². The van der Waals surface area contributed by atoms with Crippen LogP contribution in [-0.4, -0.2) is 46.7 Å². The van der Waals surface area contributed by atoms with Gasteiger partial charge in [-0.2, -0.15) is 0 Å². The van der Waals surface area contributed by atoms with Crippen molar-refractivity contribution in [2.24, 2.45) is 11.8 Å². The Balaban J connectivity index is 1.49. The molecule has 2 fully saturated rings. The quantitative estimate of drug-likeness (QED) is 0.483. The highest BCUT2D eigenvalue weighted by Crippen LogP contribution is 2.51. The van der Waals surface area contributed by atoms with Gasteiger partial charge in [0, 0.05) is 36.2 Å². The largest absolute Gasteiger partial charge is 0.573 e. The second kappa shape index (κ2) is 10.3. The lowest BCUT2D eigenvalue weighted by atomic mass is 9.81. The van der Waals surface area contributed by atoms with Crippen LogP contribution >= 0.6 is 0 Å². The molecule has 1 aliphatic heterocycles. The van der Waals surface area contributed by atoms with E-state index in [-0.39, 0.29) is 48.2 Å². The Labute approximate surface area is 218 Å². The third-order valence-electron chi connectivity index (χ3n) is 7.70. The number of halogens is 3. The number of hydrogen-bond acceptors (Lipinski definition) is 4. The number of carboxylic acids is 1. The maximum Gasteiger partial charge on any atom is 0.573 e. The Bertz CT molecular complexity index is 1210. The summed E-state index contributed by atoms with van der Waals surface area (Å²) >= 11 is 0. The second-order valence-electron chi connectivity index (χ2n) is 10.3. The van der Waals surface area contributed by atoms with E-state index in [1.54, 1.807) is 4.90 Å². The number of fused-ring (bicyclic) bond motifs is 2. The molecule has 2 aliphatic carbocycles. The monoisotopic (exact) mass is 530 g/mol. The van der Waals surface area contributed by atoms with Gasteiger partial charge >= 0.3 is 12.3 Å². The molecule has 2 saturated carbocycles. The van der Waals surface area contributed by atoms with Crippen LogP contribution in [0.3, 0.4) is 0 Å². The van der Waals surface area contributed by atoms with Crippen molar-refractivity contribution in [3.63, 3.8) is 0 Å². The Kier molecular flexibility index (Phi) is 7.07. The Morgan fingerprint density at radius 1 is 0.974 bits per heavy atom. The van der Waals surface area contributed by atoms with Gasteiger partial charge in [0.2, 0.25) is 5.91 Å². The fourth-order valence-electron chi connectivity index (χ4n) is 5.93. The van der Waals surface area contributed by atoms with Crippen LogP contribution in [0.5, 0.6) is 5.75 Å². The first-order valence-electron chi connectivity index (χ1n) is 12.9. The number of carboxylic acid groups (broad SMARTS) is 1. The van der Waals surface area contributed by atoms with Crippen LogP contribution < -0.4 is 9.64 Å². The number of benzene rings is 2. The summed E-state index contributed by atoms with van der Waals surface area (Å²) in [7, 11) is 0. The third-order valence-corrected chi connectivity index (χ3v) is 7.70. The summed E-state index contributed by atoms with van der Waals surface area (Å²) in [6.07, 6.45) is -0.668. The molecule has 1 heterocycles. The van der Waals surface area contributed by atoms with E-state index < -0.39 is 18.1 Å². The van der Waals surface area contributed by atoms with E-state index in [0.29, 0.717) is 18.2 Å². The molecule has 0 bridgehead atoms. The first-order valence-corrected chi connectivity index (χ1v) is 12.9. The number of alkyl halides is 3. The topological polar surface area (TPSA) is 87.2 Å². The zero-order chi connectivity index (χ0) is 27.0. The van der Waals surface area contributed by atoms with Gasteiger partial charge in [0.05, 0.1) is 12.5 Å². The molecular formula is C28H29F3N2O5. The zero-order valence-corrected chi connectivity index (χ0v) is 20.7. The summed E-state index contributed by atoms with van der Waals surface area (Å²) in [5.41, 5.74) is 1.75. The number of amides is 2. The maximum atomic E-state index is 13.8. The molecule has 7 nitrogen and oxygen atoms in total. The molecule has 2 aromatic carbocycles. The van der Waals surface area contributed by atoms with Crippen LogP contribution in [0.1, 0.15) is 66.9 Å².